The average Bonchev–Trinajstić information content (AvgIpc) is 3.08. The zero-order chi connectivity index (χ0) is 17.9. The van der Waals surface area contributed by atoms with Crippen molar-refractivity contribution in [2.45, 2.75) is 50.7 Å². The summed E-state index contributed by atoms with van der Waals surface area (Å²) in [5.74, 6) is 0.833. The fourth-order valence-corrected chi connectivity index (χ4v) is 4.76. The van der Waals surface area contributed by atoms with Gasteiger partial charge < -0.3 is 15.5 Å². The zero-order valence-electron chi connectivity index (χ0n) is 15.9. The smallest absolute Gasteiger partial charge is 0.241 e. The molecule has 3 fully saturated rings. The number of amides is 1. The Morgan fingerprint density at radius 3 is 2.81 bits per heavy atom. The Morgan fingerprint density at radius 1 is 1.19 bits per heavy atom. The van der Waals surface area contributed by atoms with E-state index >= 15 is 0 Å². The van der Waals surface area contributed by atoms with E-state index < -0.39 is 0 Å². The number of benzene rings is 1. The van der Waals surface area contributed by atoms with Crippen molar-refractivity contribution in [3.8, 4) is 0 Å². The van der Waals surface area contributed by atoms with Crippen LogP contribution >= 0.6 is 0 Å². The number of nitrogens with one attached hydrogen (secondary N) is 2. The van der Waals surface area contributed by atoms with Gasteiger partial charge in [0.2, 0.25) is 5.91 Å². The molecular formula is C21H32N4O. The summed E-state index contributed by atoms with van der Waals surface area (Å²) in [5.41, 5.74) is 2.21. The van der Waals surface area contributed by atoms with Crippen LogP contribution in [0.2, 0.25) is 0 Å². The minimum Gasteiger partial charge on any atom is -0.325 e. The van der Waals surface area contributed by atoms with Gasteiger partial charge in [0.25, 0.3) is 0 Å². The molecule has 1 aliphatic carbocycles. The van der Waals surface area contributed by atoms with Crippen molar-refractivity contribution < 1.29 is 4.79 Å². The first kappa shape index (κ1) is 18.0. The molecule has 0 radical (unpaired) electrons. The quantitative estimate of drug-likeness (QED) is 0.869. The fourth-order valence-electron chi connectivity index (χ4n) is 4.76. The SMILES string of the molecule is CN1CCN(Cc2cccc(NC(=O)C3CC4CCCCC4N3)c2)CC1. The highest BCUT2D eigenvalue weighted by Gasteiger charge is 2.38. The minimum atomic E-state index is -0.0237. The second kappa shape index (κ2) is 8.07. The van der Waals surface area contributed by atoms with Crippen LogP contribution in [0.1, 0.15) is 37.7 Å². The number of hydrogen-bond acceptors (Lipinski definition) is 4. The van der Waals surface area contributed by atoms with E-state index in [1.165, 1.54) is 31.2 Å². The molecule has 0 bridgehead atoms. The summed E-state index contributed by atoms with van der Waals surface area (Å²) in [7, 11) is 2.18. The predicted octanol–water partition coefficient (Wildman–Crippen LogP) is 2.29. The molecule has 1 aromatic rings. The van der Waals surface area contributed by atoms with Crippen LogP contribution in [0.5, 0.6) is 0 Å². The fraction of sp³-hybridized carbons (Fsp3) is 0.667. The largest absolute Gasteiger partial charge is 0.325 e. The molecule has 1 aromatic carbocycles. The van der Waals surface area contributed by atoms with Crippen molar-refractivity contribution in [1.29, 1.82) is 0 Å². The number of anilines is 1. The zero-order valence-corrected chi connectivity index (χ0v) is 15.9. The molecule has 0 spiro atoms. The van der Waals surface area contributed by atoms with Gasteiger partial charge in [-0.05, 0) is 49.9 Å². The van der Waals surface area contributed by atoms with Gasteiger partial charge >= 0.3 is 0 Å². The lowest BCUT2D eigenvalue weighted by molar-refractivity contribution is -0.117. The summed E-state index contributed by atoms with van der Waals surface area (Å²) >= 11 is 0. The first-order valence-electron chi connectivity index (χ1n) is 10.2. The predicted molar refractivity (Wildman–Crippen MR) is 105 cm³/mol. The van der Waals surface area contributed by atoms with Crippen LogP contribution in [0.15, 0.2) is 24.3 Å². The third-order valence-electron chi connectivity index (χ3n) is 6.38. The summed E-state index contributed by atoms with van der Waals surface area (Å²) in [6, 6.07) is 8.90. The molecule has 5 nitrogen and oxygen atoms in total. The van der Waals surface area contributed by atoms with Gasteiger partial charge in [-0.25, -0.2) is 0 Å². The van der Waals surface area contributed by atoms with E-state index in [-0.39, 0.29) is 11.9 Å². The number of likely N-dealkylation sites (N-methyl/N-ethyl adjacent to an activating group) is 1. The Labute approximate surface area is 157 Å². The maximum atomic E-state index is 12.7. The van der Waals surface area contributed by atoms with Crippen LogP contribution in [-0.4, -0.2) is 61.0 Å². The van der Waals surface area contributed by atoms with E-state index in [1.54, 1.807) is 0 Å². The number of fused-ring (bicyclic) bond motifs is 1. The molecule has 4 rings (SSSR count). The number of piperazine rings is 1. The maximum absolute atomic E-state index is 12.7. The second-order valence-electron chi connectivity index (χ2n) is 8.38. The number of carbonyl (C=O) groups is 1. The van der Waals surface area contributed by atoms with Gasteiger partial charge in [-0.15, -0.1) is 0 Å². The van der Waals surface area contributed by atoms with Gasteiger partial charge in [0.15, 0.2) is 0 Å². The lowest BCUT2D eigenvalue weighted by Crippen LogP contribution is -2.43. The average molecular weight is 357 g/mol. The van der Waals surface area contributed by atoms with Crippen LogP contribution in [0.3, 0.4) is 0 Å². The summed E-state index contributed by atoms with van der Waals surface area (Å²) in [4.78, 5) is 17.6. The summed E-state index contributed by atoms with van der Waals surface area (Å²) < 4.78 is 0. The molecule has 1 saturated carbocycles. The van der Waals surface area contributed by atoms with E-state index in [1.807, 2.05) is 6.07 Å². The minimum absolute atomic E-state index is 0.0237. The van der Waals surface area contributed by atoms with E-state index in [0.717, 1.165) is 44.8 Å². The highest BCUT2D eigenvalue weighted by Crippen LogP contribution is 2.33. The number of nitrogens with zero attached hydrogens (tertiary/aromatic N) is 2. The molecule has 3 aliphatic rings. The van der Waals surface area contributed by atoms with Crippen molar-refractivity contribution in [2.75, 3.05) is 38.5 Å². The van der Waals surface area contributed by atoms with Crippen molar-refractivity contribution >= 4 is 11.6 Å². The van der Waals surface area contributed by atoms with Gasteiger partial charge in [0, 0.05) is 44.5 Å². The van der Waals surface area contributed by atoms with Crippen molar-refractivity contribution in [3.05, 3.63) is 29.8 Å². The van der Waals surface area contributed by atoms with Gasteiger partial charge in [0.05, 0.1) is 6.04 Å². The van der Waals surface area contributed by atoms with E-state index in [9.17, 15) is 4.79 Å². The van der Waals surface area contributed by atoms with Gasteiger partial charge in [-0.3, -0.25) is 9.69 Å². The molecule has 0 aromatic heterocycles. The molecular weight excluding hydrogens is 324 g/mol. The van der Waals surface area contributed by atoms with Crippen LogP contribution in [0, 0.1) is 5.92 Å². The highest BCUT2D eigenvalue weighted by atomic mass is 16.2. The van der Waals surface area contributed by atoms with E-state index in [0.29, 0.717) is 12.0 Å². The number of carbonyl (C=O) groups excluding carboxylic acids is 1. The third-order valence-corrected chi connectivity index (χ3v) is 6.38. The number of hydrogen-bond donors (Lipinski definition) is 2. The highest BCUT2D eigenvalue weighted by molar-refractivity contribution is 5.95. The molecule has 3 atom stereocenters. The topological polar surface area (TPSA) is 47.6 Å². The molecule has 2 N–H and O–H groups in total. The van der Waals surface area contributed by atoms with Crippen LogP contribution in [-0.2, 0) is 11.3 Å². The summed E-state index contributed by atoms with van der Waals surface area (Å²) in [6.45, 7) is 5.45. The molecule has 3 unspecified atom stereocenters. The Hall–Kier alpha value is -1.43. The molecule has 1 amide bonds. The summed E-state index contributed by atoms with van der Waals surface area (Å²) in [6.07, 6.45) is 6.14. The molecule has 26 heavy (non-hydrogen) atoms. The van der Waals surface area contributed by atoms with Gasteiger partial charge in [0.1, 0.15) is 0 Å². The molecule has 2 aliphatic heterocycles. The van der Waals surface area contributed by atoms with Crippen molar-refractivity contribution in [1.82, 2.24) is 15.1 Å². The van der Waals surface area contributed by atoms with Gasteiger partial charge in [-0.2, -0.15) is 0 Å². The Balaban J connectivity index is 1.32. The Kier molecular flexibility index (Phi) is 5.57. The van der Waals surface area contributed by atoms with Crippen LogP contribution < -0.4 is 10.6 Å². The van der Waals surface area contributed by atoms with Crippen molar-refractivity contribution in [3.63, 3.8) is 0 Å². The van der Waals surface area contributed by atoms with Crippen molar-refractivity contribution in [2.24, 2.45) is 5.92 Å². The first-order valence-corrected chi connectivity index (χ1v) is 10.2. The molecule has 2 heterocycles. The van der Waals surface area contributed by atoms with Gasteiger partial charge in [-0.1, -0.05) is 25.0 Å². The third kappa shape index (κ3) is 4.27. The second-order valence-corrected chi connectivity index (χ2v) is 8.38. The molecule has 142 valence electrons. The Bertz CT molecular complexity index is 612. The lowest BCUT2D eigenvalue weighted by atomic mass is 9.85. The van der Waals surface area contributed by atoms with Crippen LogP contribution in [0.4, 0.5) is 5.69 Å². The standard InChI is InChI=1S/C21H32N4O/c1-24-9-11-25(12-10-24)15-16-5-4-7-18(13-16)22-21(26)20-14-17-6-2-3-8-19(17)23-20/h4-5,7,13,17,19-20,23H,2-3,6,8-12,14-15H2,1H3,(H,22,26). The van der Waals surface area contributed by atoms with Crippen LogP contribution in [0.25, 0.3) is 0 Å². The summed E-state index contributed by atoms with van der Waals surface area (Å²) in [5, 5.41) is 6.72. The first-order chi connectivity index (χ1) is 12.7. The van der Waals surface area contributed by atoms with E-state index in [2.05, 4.69) is 45.7 Å². The monoisotopic (exact) mass is 356 g/mol. The number of rotatable bonds is 4. The molecule has 5 heteroatoms. The maximum Gasteiger partial charge on any atom is 0.241 e. The Morgan fingerprint density at radius 2 is 2.00 bits per heavy atom. The molecule has 2 saturated heterocycles. The normalized spacial score (nSPS) is 30.1. The van der Waals surface area contributed by atoms with E-state index in [4.69, 9.17) is 0 Å². The lowest BCUT2D eigenvalue weighted by Gasteiger charge is -2.32.